The summed E-state index contributed by atoms with van der Waals surface area (Å²) in [7, 11) is 0. The molecule has 0 unspecified atom stereocenters. The topological polar surface area (TPSA) is 83.5 Å². The van der Waals surface area contributed by atoms with Crippen molar-refractivity contribution >= 4 is 28.9 Å². The largest absolute Gasteiger partial charge is 0.478 e. The maximum atomic E-state index is 11.8. The van der Waals surface area contributed by atoms with Crippen LogP contribution in [-0.2, 0) is 4.79 Å². The van der Waals surface area contributed by atoms with Gasteiger partial charge in [-0.2, -0.15) is 0 Å². The number of hydrogen-bond acceptors (Lipinski definition) is 4. The summed E-state index contributed by atoms with van der Waals surface area (Å²) in [5.41, 5.74) is 2.33. The van der Waals surface area contributed by atoms with Crippen molar-refractivity contribution in [2.75, 3.05) is 5.32 Å². The van der Waals surface area contributed by atoms with E-state index in [1.807, 2.05) is 0 Å². The van der Waals surface area contributed by atoms with Crippen molar-refractivity contribution in [3.05, 3.63) is 71.3 Å². The number of carboxylic acid groups (broad SMARTS) is 1. The predicted octanol–water partition coefficient (Wildman–Crippen LogP) is 2.60. The van der Waals surface area contributed by atoms with Gasteiger partial charge >= 0.3 is 5.97 Å². The lowest BCUT2D eigenvalue weighted by molar-refractivity contribution is -0.111. The Kier molecular flexibility index (Phi) is 3.31. The summed E-state index contributed by atoms with van der Waals surface area (Å²) < 4.78 is 0. The van der Waals surface area contributed by atoms with Crippen molar-refractivity contribution in [2.24, 2.45) is 0 Å². The van der Waals surface area contributed by atoms with E-state index in [4.69, 9.17) is 5.11 Å². The van der Waals surface area contributed by atoms with Crippen molar-refractivity contribution in [1.82, 2.24) is 0 Å². The molecule has 0 saturated carbocycles. The maximum Gasteiger partial charge on any atom is 0.335 e. The maximum absolute atomic E-state index is 11.8. The number of ketones is 2. The molecule has 0 amide bonds. The molecule has 3 rings (SSSR count). The Bertz CT molecular complexity index is 819. The van der Waals surface area contributed by atoms with Gasteiger partial charge in [-0.1, -0.05) is 24.3 Å². The van der Waals surface area contributed by atoms with Gasteiger partial charge in [0, 0.05) is 22.9 Å². The number of aromatic carboxylic acids is 1. The first-order valence-electron chi connectivity index (χ1n) is 6.56. The molecule has 0 heterocycles. The molecule has 1 aliphatic carbocycles. The van der Waals surface area contributed by atoms with Crippen LogP contribution < -0.4 is 5.32 Å². The highest BCUT2D eigenvalue weighted by atomic mass is 16.4. The lowest BCUT2D eigenvalue weighted by Crippen LogP contribution is -2.20. The van der Waals surface area contributed by atoms with Crippen molar-refractivity contribution in [3.63, 3.8) is 0 Å². The van der Waals surface area contributed by atoms with Crippen LogP contribution in [0.5, 0.6) is 0 Å². The number of benzene rings is 2. The first-order valence-corrected chi connectivity index (χ1v) is 6.56. The number of Topliss-reactive ketones (excluding diaryl/α,β-unsaturated/α-hetero) is 1. The number of rotatable bonds is 3. The second kappa shape index (κ2) is 5.29. The van der Waals surface area contributed by atoms with E-state index in [0.29, 0.717) is 22.5 Å². The van der Waals surface area contributed by atoms with Gasteiger partial charge in [-0.3, -0.25) is 9.59 Å². The highest BCUT2D eigenvalue weighted by Crippen LogP contribution is 2.26. The van der Waals surface area contributed by atoms with Crippen LogP contribution in [0, 0.1) is 0 Å². The molecule has 0 fully saturated rings. The van der Waals surface area contributed by atoms with E-state index < -0.39 is 17.5 Å². The third kappa shape index (κ3) is 2.40. The average Bonchev–Trinajstić information content (AvgIpc) is 2.53. The van der Waals surface area contributed by atoms with Gasteiger partial charge in [-0.05, 0) is 24.3 Å². The van der Waals surface area contributed by atoms with Crippen LogP contribution in [0.2, 0.25) is 0 Å². The zero-order valence-corrected chi connectivity index (χ0v) is 11.4. The molecule has 108 valence electrons. The summed E-state index contributed by atoms with van der Waals surface area (Å²) >= 11 is 0. The first-order chi connectivity index (χ1) is 10.6. The summed E-state index contributed by atoms with van der Waals surface area (Å²) in [5, 5.41) is 11.9. The summed E-state index contributed by atoms with van der Waals surface area (Å²) in [4.78, 5) is 34.4. The van der Waals surface area contributed by atoms with E-state index in [2.05, 4.69) is 5.32 Å². The Labute approximate surface area is 125 Å². The van der Waals surface area contributed by atoms with Crippen LogP contribution in [0.4, 0.5) is 5.69 Å². The van der Waals surface area contributed by atoms with Crippen LogP contribution in [0.3, 0.4) is 0 Å². The van der Waals surface area contributed by atoms with Crippen molar-refractivity contribution in [3.8, 4) is 0 Å². The fraction of sp³-hybridized carbons (Fsp3) is 0. The number of anilines is 1. The van der Waals surface area contributed by atoms with Gasteiger partial charge in [0.1, 0.15) is 0 Å². The van der Waals surface area contributed by atoms with Gasteiger partial charge in [0.15, 0.2) is 0 Å². The quantitative estimate of drug-likeness (QED) is 0.850. The predicted molar refractivity (Wildman–Crippen MR) is 80.8 cm³/mol. The van der Waals surface area contributed by atoms with Crippen LogP contribution >= 0.6 is 0 Å². The molecule has 2 aromatic rings. The number of carbonyl (C=O) groups excluding carboxylic acids is 2. The second-order valence-electron chi connectivity index (χ2n) is 4.80. The van der Waals surface area contributed by atoms with Gasteiger partial charge in [0.25, 0.3) is 0 Å². The monoisotopic (exact) mass is 293 g/mol. The number of carboxylic acids is 1. The fourth-order valence-electron chi connectivity index (χ4n) is 2.28. The molecule has 0 atom stereocenters. The minimum Gasteiger partial charge on any atom is -0.478 e. The summed E-state index contributed by atoms with van der Waals surface area (Å²) in [5.74, 6) is -2.11. The molecule has 2 N–H and O–H groups in total. The van der Waals surface area contributed by atoms with Crippen molar-refractivity contribution in [2.45, 2.75) is 0 Å². The third-order valence-electron chi connectivity index (χ3n) is 3.37. The van der Waals surface area contributed by atoms with Gasteiger partial charge in [0.05, 0.1) is 11.3 Å². The highest BCUT2D eigenvalue weighted by Gasteiger charge is 2.25. The number of nitrogens with one attached hydrogen (secondary N) is 1. The lowest BCUT2D eigenvalue weighted by atomic mass is 9.92. The third-order valence-corrected chi connectivity index (χ3v) is 3.37. The van der Waals surface area contributed by atoms with Crippen LogP contribution in [-0.4, -0.2) is 22.6 Å². The minimum absolute atomic E-state index is 0.176. The van der Waals surface area contributed by atoms with E-state index in [1.54, 1.807) is 36.4 Å². The lowest BCUT2D eigenvalue weighted by Gasteiger charge is -2.17. The fourth-order valence-corrected chi connectivity index (χ4v) is 2.28. The van der Waals surface area contributed by atoms with Gasteiger partial charge in [0.2, 0.25) is 11.6 Å². The van der Waals surface area contributed by atoms with Crippen molar-refractivity contribution in [1.29, 1.82) is 0 Å². The number of fused-ring (bicyclic) bond motifs is 1. The molecular weight excluding hydrogens is 282 g/mol. The highest BCUT2D eigenvalue weighted by molar-refractivity contribution is 6.50. The van der Waals surface area contributed by atoms with Gasteiger partial charge < -0.3 is 10.4 Å². The Morgan fingerprint density at radius 3 is 2.18 bits per heavy atom. The van der Waals surface area contributed by atoms with Crippen LogP contribution in [0.15, 0.2) is 54.6 Å². The Hall–Kier alpha value is -3.21. The van der Waals surface area contributed by atoms with E-state index >= 15 is 0 Å². The Balaban J connectivity index is 1.95. The molecule has 0 aliphatic heterocycles. The first kappa shape index (κ1) is 13.8. The Morgan fingerprint density at radius 2 is 1.55 bits per heavy atom. The molecular formula is C17H11NO4. The molecule has 22 heavy (non-hydrogen) atoms. The normalized spacial score (nSPS) is 13.4. The molecule has 2 aromatic carbocycles. The van der Waals surface area contributed by atoms with Crippen molar-refractivity contribution < 1.29 is 19.5 Å². The van der Waals surface area contributed by atoms with E-state index in [1.165, 1.54) is 18.2 Å². The van der Waals surface area contributed by atoms with Gasteiger partial charge in [-0.15, -0.1) is 0 Å². The molecule has 0 radical (unpaired) electrons. The summed E-state index contributed by atoms with van der Waals surface area (Å²) in [6.07, 6.45) is 1.26. The molecule has 5 heteroatoms. The smallest absolute Gasteiger partial charge is 0.335 e. The Morgan fingerprint density at radius 1 is 0.909 bits per heavy atom. The summed E-state index contributed by atoms with van der Waals surface area (Å²) in [6.45, 7) is 0. The molecule has 0 bridgehead atoms. The zero-order valence-electron chi connectivity index (χ0n) is 11.4. The standard InChI is InChI=1S/C17H11NO4/c19-15-9-14(12-3-1-2-4-13(12)16(15)20)18-11-7-5-10(6-8-11)17(21)22/h1-9,18H,(H,21,22). The van der Waals surface area contributed by atoms with E-state index in [0.717, 1.165) is 0 Å². The minimum atomic E-state index is -1.01. The molecule has 0 spiro atoms. The van der Waals surface area contributed by atoms with Crippen LogP contribution in [0.1, 0.15) is 26.3 Å². The SMILES string of the molecule is O=C1C=C(Nc2ccc(C(=O)O)cc2)c2ccccc2C1=O. The summed E-state index contributed by atoms with van der Waals surface area (Å²) in [6, 6.07) is 13.0. The number of carbonyl (C=O) groups is 3. The van der Waals surface area contributed by atoms with Crippen LogP contribution in [0.25, 0.3) is 5.70 Å². The average molecular weight is 293 g/mol. The zero-order chi connectivity index (χ0) is 15.7. The van der Waals surface area contributed by atoms with E-state index in [9.17, 15) is 14.4 Å². The van der Waals surface area contributed by atoms with Gasteiger partial charge in [-0.25, -0.2) is 4.79 Å². The van der Waals surface area contributed by atoms with E-state index in [-0.39, 0.29) is 5.56 Å². The number of allylic oxidation sites excluding steroid dienone is 1. The second-order valence-corrected chi connectivity index (χ2v) is 4.80. The molecule has 5 nitrogen and oxygen atoms in total. The molecule has 0 saturated heterocycles. The molecule has 0 aromatic heterocycles. The molecule has 1 aliphatic rings. The number of hydrogen-bond donors (Lipinski definition) is 2.